The van der Waals surface area contributed by atoms with Crippen LogP contribution >= 0.6 is 0 Å². The van der Waals surface area contributed by atoms with E-state index in [1.165, 1.54) is 55.4 Å². The molecule has 0 amide bonds. The van der Waals surface area contributed by atoms with Crippen LogP contribution in [0.25, 0.3) is 0 Å². The summed E-state index contributed by atoms with van der Waals surface area (Å²) in [5.41, 5.74) is -0.528. The van der Waals surface area contributed by atoms with E-state index < -0.39 is 22.8 Å². The number of pyridine rings is 1. The predicted octanol–water partition coefficient (Wildman–Crippen LogP) is 4.82. The van der Waals surface area contributed by atoms with Crippen LogP contribution in [0.4, 0.5) is 0 Å². The van der Waals surface area contributed by atoms with Gasteiger partial charge in [0.05, 0.1) is 13.2 Å². The molecular weight excluding hydrogens is 370 g/mol. The number of aromatic hydroxyl groups is 1. The van der Waals surface area contributed by atoms with Gasteiger partial charge in [-0.25, -0.2) is 4.79 Å². The van der Waals surface area contributed by atoms with Gasteiger partial charge < -0.3 is 19.5 Å². The average Bonchev–Trinajstić information content (AvgIpc) is 2.69. The minimum atomic E-state index is -1.44. The number of carboxylic acid groups (broad SMARTS) is 1. The molecule has 2 rings (SSSR count). The first kappa shape index (κ1) is 22.5. The van der Waals surface area contributed by atoms with Crippen LogP contribution < -0.4 is 10.3 Å². The van der Waals surface area contributed by atoms with Crippen molar-refractivity contribution in [3.63, 3.8) is 0 Å². The van der Waals surface area contributed by atoms with Crippen molar-refractivity contribution in [3.05, 3.63) is 58.0 Å². The Kier molecular flexibility index (Phi) is 9.28. The van der Waals surface area contributed by atoms with Gasteiger partial charge in [-0.05, 0) is 30.2 Å². The zero-order valence-corrected chi connectivity index (χ0v) is 17.1. The number of ether oxygens (including phenoxy) is 1. The molecule has 0 radical (unpaired) electrons. The Morgan fingerprint density at radius 2 is 1.72 bits per heavy atom. The summed E-state index contributed by atoms with van der Waals surface area (Å²) in [6, 6.07) is 8.64. The molecule has 0 saturated carbocycles. The van der Waals surface area contributed by atoms with Crippen LogP contribution in [0.15, 0.2) is 41.3 Å². The van der Waals surface area contributed by atoms with E-state index in [2.05, 4.69) is 6.92 Å². The smallest absolute Gasteiger partial charge is 0.345 e. The summed E-state index contributed by atoms with van der Waals surface area (Å²) in [5, 5.41) is 18.7. The minimum Gasteiger partial charge on any atom is -0.507 e. The topological polar surface area (TPSA) is 88.8 Å². The molecule has 0 unspecified atom stereocenters. The Hall–Kier alpha value is -2.76. The fourth-order valence-electron chi connectivity index (χ4n) is 3.25. The first-order chi connectivity index (χ1) is 14.0. The molecule has 1 aromatic carbocycles. The van der Waals surface area contributed by atoms with E-state index >= 15 is 0 Å². The third-order valence-electron chi connectivity index (χ3n) is 4.88. The summed E-state index contributed by atoms with van der Waals surface area (Å²) >= 11 is 0. The lowest BCUT2D eigenvalue weighted by molar-refractivity contribution is 0.0691. The van der Waals surface area contributed by atoms with E-state index in [0.717, 1.165) is 24.2 Å². The van der Waals surface area contributed by atoms with Crippen LogP contribution in [0.1, 0.15) is 74.2 Å². The van der Waals surface area contributed by atoms with Crippen LogP contribution in [0, 0.1) is 0 Å². The molecule has 2 aromatic rings. The maximum atomic E-state index is 12.3. The number of hydrogen-bond donors (Lipinski definition) is 2. The molecule has 158 valence electrons. The number of rotatable bonds is 13. The zero-order chi connectivity index (χ0) is 21.1. The number of hydrogen-bond acceptors (Lipinski definition) is 4. The van der Waals surface area contributed by atoms with Gasteiger partial charge in [-0.2, -0.15) is 0 Å². The number of carboxylic acids is 1. The molecule has 0 aliphatic rings. The SMILES string of the molecule is CCCCCCCCCCOc1cccc(Cn2ccc(O)c(C(=O)O)c2=O)c1. The summed E-state index contributed by atoms with van der Waals surface area (Å²) in [4.78, 5) is 23.4. The van der Waals surface area contributed by atoms with Crippen molar-refractivity contribution in [2.45, 2.75) is 64.8 Å². The number of aromatic nitrogens is 1. The normalized spacial score (nSPS) is 10.8. The van der Waals surface area contributed by atoms with Crippen molar-refractivity contribution < 1.29 is 19.7 Å². The van der Waals surface area contributed by atoms with Crippen molar-refractivity contribution in [1.82, 2.24) is 4.57 Å². The van der Waals surface area contributed by atoms with Crippen LogP contribution in [-0.4, -0.2) is 27.4 Å². The van der Waals surface area contributed by atoms with E-state index in [-0.39, 0.29) is 6.54 Å². The second kappa shape index (κ2) is 11.9. The van der Waals surface area contributed by atoms with Crippen LogP contribution in [0.3, 0.4) is 0 Å². The summed E-state index contributed by atoms with van der Waals surface area (Å²) in [6.45, 7) is 3.08. The molecule has 0 saturated heterocycles. The van der Waals surface area contributed by atoms with Crippen LogP contribution in [-0.2, 0) is 6.54 Å². The number of unbranched alkanes of at least 4 members (excludes halogenated alkanes) is 7. The lowest BCUT2D eigenvalue weighted by atomic mass is 10.1. The van der Waals surface area contributed by atoms with Gasteiger partial charge in [0.15, 0.2) is 5.56 Å². The maximum absolute atomic E-state index is 12.3. The molecule has 6 nitrogen and oxygen atoms in total. The lowest BCUT2D eigenvalue weighted by Gasteiger charge is -2.10. The number of nitrogens with zero attached hydrogens (tertiary/aromatic N) is 1. The Morgan fingerprint density at radius 1 is 1.03 bits per heavy atom. The Morgan fingerprint density at radius 3 is 2.41 bits per heavy atom. The molecular formula is C23H31NO5. The second-order valence-electron chi connectivity index (χ2n) is 7.28. The van der Waals surface area contributed by atoms with Gasteiger partial charge in [0, 0.05) is 6.20 Å². The molecule has 0 fully saturated rings. The summed E-state index contributed by atoms with van der Waals surface area (Å²) < 4.78 is 7.08. The van der Waals surface area contributed by atoms with Crippen molar-refractivity contribution in [2.75, 3.05) is 6.61 Å². The van der Waals surface area contributed by atoms with Gasteiger partial charge in [-0.1, -0.05) is 64.0 Å². The molecule has 1 heterocycles. The van der Waals surface area contributed by atoms with Gasteiger partial charge in [0.1, 0.15) is 11.5 Å². The predicted molar refractivity (Wildman–Crippen MR) is 113 cm³/mol. The van der Waals surface area contributed by atoms with Crippen molar-refractivity contribution in [1.29, 1.82) is 0 Å². The molecule has 0 bridgehead atoms. The second-order valence-corrected chi connectivity index (χ2v) is 7.28. The maximum Gasteiger partial charge on any atom is 0.345 e. The van der Waals surface area contributed by atoms with Crippen LogP contribution in [0.2, 0.25) is 0 Å². The highest BCUT2D eigenvalue weighted by molar-refractivity contribution is 5.90. The average molecular weight is 402 g/mol. The molecule has 2 N–H and O–H groups in total. The van der Waals surface area contributed by atoms with E-state index in [1.807, 2.05) is 24.3 Å². The molecule has 0 aliphatic carbocycles. The standard InChI is InChI=1S/C23H31NO5/c1-2-3-4-5-6-7-8-9-15-29-19-12-10-11-18(16-19)17-24-14-13-20(25)21(22(24)26)23(27)28/h10-14,16,25H,2-9,15,17H2,1H3,(H,27,28). The summed E-state index contributed by atoms with van der Waals surface area (Å²) in [7, 11) is 0. The molecule has 29 heavy (non-hydrogen) atoms. The summed E-state index contributed by atoms with van der Waals surface area (Å²) in [6.07, 6.45) is 11.3. The Labute approximate surface area is 171 Å². The highest BCUT2D eigenvalue weighted by Gasteiger charge is 2.16. The first-order valence-electron chi connectivity index (χ1n) is 10.4. The van der Waals surface area contributed by atoms with Gasteiger partial charge in [0.2, 0.25) is 0 Å². The van der Waals surface area contributed by atoms with E-state index in [9.17, 15) is 14.7 Å². The van der Waals surface area contributed by atoms with Crippen molar-refractivity contribution in [2.24, 2.45) is 0 Å². The molecule has 1 aromatic heterocycles. The van der Waals surface area contributed by atoms with E-state index in [1.54, 1.807) is 0 Å². The van der Waals surface area contributed by atoms with Gasteiger partial charge in [-0.3, -0.25) is 4.79 Å². The molecule has 0 spiro atoms. The molecule has 0 atom stereocenters. The zero-order valence-electron chi connectivity index (χ0n) is 17.1. The number of aromatic carboxylic acids is 1. The summed E-state index contributed by atoms with van der Waals surface area (Å²) in [5.74, 6) is -1.23. The van der Waals surface area contributed by atoms with Crippen molar-refractivity contribution in [3.8, 4) is 11.5 Å². The van der Waals surface area contributed by atoms with Crippen LogP contribution in [0.5, 0.6) is 11.5 Å². The largest absolute Gasteiger partial charge is 0.507 e. The van der Waals surface area contributed by atoms with Gasteiger partial charge in [0.25, 0.3) is 5.56 Å². The highest BCUT2D eigenvalue weighted by atomic mass is 16.5. The third kappa shape index (κ3) is 7.29. The minimum absolute atomic E-state index is 0.203. The number of benzene rings is 1. The fraction of sp³-hybridized carbons (Fsp3) is 0.478. The Bertz CT molecular complexity index is 843. The quantitative estimate of drug-likeness (QED) is 0.470. The van der Waals surface area contributed by atoms with Gasteiger partial charge >= 0.3 is 5.97 Å². The fourth-order valence-corrected chi connectivity index (χ4v) is 3.25. The molecule has 0 aliphatic heterocycles. The Balaban J connectivity index is 1.84. The molecule has 6 heteroatoms. The monoisotopic (exact) mass is 401 g/mol. The highest BCUT2D eigenvalue weighted by Crippen LogP contribution is 2.17. The lowest BCUT2D eigenvalue weighted by Crippen LogP contribution is -2.26. The third-order valence-corrected chi connectivity index (χ3v) is 4.88. The van der Waals surface area contributed by atoms with E-state index in [0.29, 0.717) is 6.61 Å². The van der Waals surface area contributed by atoms with Gasteiger partial charge in [-0.15, -0.1) is 0 Å². The number of carbonyl (C=O) groups is 1. The first-order valence-corrected chi connectivity index (χ1v) is 10.4. The van der Waals surface area contributed by atoms with E-state index in [4.69, 9.17) is 9.84 Å². The van der Waals surface area contributed by atoms with Crippen molar-refractivity contribution >= 4 is 5.97 Å².